The molecule has 0 radical (unpaired) electrons. The van der Waals surface area contributed by atoms with E-state index in [2.05, 4.69) is 15.6 Å². The van der Waals surface area contributed by atoms with Gasteiger partial charge in [-0.1, -0.05) is 18.2 Å². The molecule has 10 heteroatoms. The highest BCUT2D eigenvalue weighted by Crippen LogP contribution is 2.23. The summed E-state index contributed by atoms with van der Waals surface area (Å²) in [6.45, 7) is 2.91. The Balaban J connectivity index is 0.00000420. The van der Waals surface area contributed by atoms with E-state index in [0.29, 0.717) is 23.8 Å². The summed E-state index contributed by atoms with van der Waals surface area (Å²) in [5.74, 6) is 0.934. The van der Waals surface area contributed by atoms with Crippen molar-refractivity contribution >= 4 is 29.9 Å². The first-order valence-electron chi connectivity index (χ1n) is 8.77. The summed E-state index contributed by atoms with van der Waals surface area (Å²) in [4.78, 5) is 4.36. The fourth-order valence-electron chi connectivity index (χ4n) is 2.37. The molecule has 2 aromatic rings. The van der Waals surface area contributed by atoms with Crippen LogP contribution in [-0.2, 0) is 12.1 Å². The monoisotopic (exact) mass is 527 g/mol. The van der Waals surface area contributed by atoms with Crippen molar-refractivity contribution in [3.05, 3.63) is 54.0 Å². The summed E-state index contributed by atoms with van der Waals surface area (Å²) < 4.78 is 47.3. The molecule has 1 unspecified atom stereocenters. The second-order valence-corrected chi connectivity index (χ2v) is 6.31. The maximum atomic E-state index is 12.4. The van der Waals surface area contributed by atoms with Crippen molar-refractivity contribution in [1.29, 1.82) is 0 Å². The number of halogens is 4. The smallest absolute Gasteiger partial charge is 0.422 e. The maximum absolute atomic E-state index is 12.4. The number of aliphatic imine (C=N–C) groups is 1. The second kappa shape index (κ2) is 11.3. The quantitative estimate of drug-likeness (QED) is 0.277. The number of hydrogen-bond acceptors (Lipinski definition) is 4. The minimum Gasteiger partial charge on any atom is -0.484 e. The van der Waals surface area contributed by atoms with E-state index in [1.165, 1.54) is 12.3 Å². The lowest BCUT2D eigenvalue weighted by atomic mass is 10.0. The van der Waals surface area contributed by atoms with Crippen LogP contribution in [0, 0.1) is 0 Å². The molecule has 2 rings (SSSR count). The number of aliphatic hydroxyl groups is 1. The molecule has 0 fully saturated rings. The van der Waals surface area contributed by atoms with E-state index in [1.807, 2.05) is 6.92 Å². The molecule has 0 aliphatic rings. The summed E-state index contributed by atoms with van der Waals surface area (Å²) in [6, 6.07) is 9.77. The van der Waals surface area contributed by atoms with Crippen LogP contribution in [0.1, 0.15) is 25.2 Å². The Hall–Kier alpha value is -1.95. The van der Waals surface area contributed by atoms with E-state index in [9.17, 15) is 18.3 Å². The molecule has 162 valence electrons. The van der Waals surface area contributed by atoms with Gasteiger partial charge in [0.05, 0.1) is 19.4 Å². The van der Waals surface area contributed by atoms with Crippen LogP contribution in [0.5, 0.6) is 5.75 Å². The number of guanidine groups is 1. The molecule has 0 spiro atoms. The van der Waals surface area contributed by atoms with E-state index in [0.717, 1.165) is 0 Å². The summed E-state index contributed by atoms with van der Waals surface area (Å²) in [5, 5.41) is 16.5. The van der Waals surface area contributed by atoms with Gasteiger partial charge >= 0.3 is 6.18 Å². The lowest BCUT2D eigenvalue weighted by Crippen LogP contribution is -2.44. The Kier molecular flexibility index (Phi) is 9.77. The normalized spacial score (nSPS) is 13.9. The molecule has 1 atom stereocenters. The Bertz CT molecular complexity index is 766. The Morgan fingerprint density at radius 1 is 1.17 bits per heavy atom. The largest absolute Gasteiger partial charge is 0.484 e. The highest BCUT2D eigenvalue weighted by atomic mass is 127. The van der Waals surface area contributed by atoms with Crippen LogP contribution in [0.3, 0.4) is 0 Å². The average molecular weight is 527 g/mol. The zero-order chi connectivity index (χ0) is 20.6. The number of nitrogens with one attached hydrogen (secondary N) is 2. The predicted molar refractivity (Wildman–Crippen MR) is 115 cm³/mol. The molecule has 1 aromatic carbocycles. The van der Waals surface area contributed by atoms with Crippen LogP contribution < -0.4 is 15.4 Å². The number of ether oxygens (including phenoxy) is 1. The van der Waals surface area contributed by atoms with Crippen LogP contribution in [0.25, 0.3) is 0 Å². The number of nitrogens with zero attached hydrogens (tertiary/aromatic N) is 1. The van der Waals surface area contributed by atoms with Crippen LogP contribution in [-0.4, -0.2) is 36.9 Å². The summed E-state index contributed by atoms with van der Waals surface area (Å²) in [7, 11) is 0. The molecular formula is C19H25F3IN3O3. The predicted octanol–water partition coefficient (Wildman–Crippen LogP) is 3.80. The highest BCUT2D eigenvalue weighted by molar-refractivity contribution is 14.0. The highest BCUT2D eigenvalue weighted by Gasteiger charge is 2.29. The standard InChI is InChI=1S/C19H24F3N3O3.HI/c1-3-23-17(25-12-18(2,26)16-9-6-10-27-16)24-11-14-7-4-5-8-15(14)28-13-19(20,21)22;/h4-10,26H,3,11-13H2,1-2H3,(H2,23,24,25);1H. The van der Waals surface area contributed by atoms with E-state index >= 15 is 0 Å². The van der Waals surface area contributed by atoms with Gasteiger partial charge in [-0.3, -0.25) is 0 Å². The van der Waals surface area contributed by atoms with E-state index in [4.69, 9.17) is 9.15 Å². The zero-order valence-corrected chi connectivity index (χ0v) is 18.5. The number of para-hydroxylation sites is 1. The molecule has 3 N–H and O–H groups in total. The molecule has 0 saturated heterocycles. The molecule has 6 nitrogen and oxygen atoms in total. The van der Waals surface area contributed by atoms with E-state index in [-0.39, 0.29) is 42.8 Å². The van der Waals surface area contributed by atoms with Crippen molar-refractivity contribution in [3.63, 3.8) is 0 Å². The fourth-order valence-corrected chi connectivity index (χ4v) is 2.37. The molecule has 29 heavy (non-hydrogen) atoms. The van der Waals surface area contributed by atoms with Gasteiger partial charge in [0.15, 0.2) is 12.6 Å². The van der Waals surface area contributed by atoms with Gasteiger partial charge in [-0.2, -0.15) is 13.2 Å². The first kappa shape index (κ1) is 25.1. The van der Waals surface area contributed by atoms with Gasteiger partial charge in [0.25, 0.3) is 0 Å². The average Bonchev–Trinajstić information content (AvgIpc) is 3.18. The molecular weight excluding hydrogens is 502 g/mol. The lowest BCUT2D eigenvalue weighted by Gasteiger charge is -2.22. The molecule has 0 saturated carbocycles. The van der Waals surface area contributed by atoms with Gasteiger partial charge in [0.2, 0.25) is 0 Å². The third kappa shape index (κ3) is 8.52. The SMILES string of the molecule is CCNC(=NCc1ccccc1OCC(F)(F)F)NCC(C)(O)c1ccco1.I. The molecule has 0 aliphatic heterocycles. The molecule has 0 aliphatic carbocycles. The van der Waals surface area contributed by atoms with Gasteiger partial charge in [-0.05, 0) is 32.0 Å². The van der Waals surface area contributed by atoms with E-state index in [1.54, 1.807) is 37.3 Å². The molecule has 1 heterocycles. The van der Waals surface area contributed by atoms with Gasteiger partial charge < -0.3 is 24.9 Å². The Labute approximate surface area is 184 Å². The van der Waals surface area contributed by atoms with Gasteiger partial charge in [-0.15, -0.1) is 24.0 Å². The van der Waals surface area contributed by atoms with Crippen LogP contribution in [0.15, 0.2) is 52.1 Å². The number of rotatable bonds is 8. The Morgan fingerprint density at radius 2 is 1.90 bits per heavy atom. The number of alkyl halides is 3. The minimum atomic E-state index is -4.41. The van der Waals surface area contributed by atoms with Crippen molar-refractivity contribution < 1.29 is 27.4 Å². The van der Waals surface area contributed by atoms with Gasteiger partial charge in [0.1, 0.15) is 17.1 Å². The van der Waals surface area contributed by atoms with Crippen molar-refractivity contribution in [3.8, 4) is 5.75 Å². The summed E-state index contributed by atoms with van der Waals surface area (Å²) in [5.41, 5.74) is -0.741. The third-order valence-corrected chi connectivity index (χ3v) is 3.77. The molecule has 0 bridgehead atoms. The number of hydrogen-bond donors (Lipinski definition) is 3. The minimum absolute atomic E-state index is 0. The summed E-state index contributed by atoms with van der Waals surface area (Å²) in [6.07, 6.45) is -2.94. The number of benzene rings is 1. The van der Waals surface area contributed by atoms with Gasteiger partial charge in [0, 0.05) is 12.1 Å². The van der Waals surface area contributed by atoms with Crippen molar-refractivity contribution in [1.82, 2.24) is 10.6 Å². The molecule has 1 aromatic heterocycles. The van der Waals surface area contributed by atoms with Crippen LogP contribution in [0.2, 0.25) is 0 Å². The van der Waals surface area contributed by atoms with Crippen molar-refractivity contribution in [2.45, 2.75) is 32.2 Å². The number of furan rings is 1. The third-order valence-electron chi connectivity index (χ3n) is 3.77. The van der Waals surface area contributed by atoms with E-state index < -0.39 is 18.4 Å². The first-order valence-corrected chi connectivity index (χ1v) is 8.77. The maximum Gasteiger partial charge on any atom is 0.422 e. The van der Waals surface area contributed by atoms with Crippen LogP contribution in [0.4, 0.5) is 13.2 Å². The zero-order valence-electron chi connectivity index (χ0n) is 16.1. The second-order valence-electron chi connectivity index (χ2n) is 6.31. The fraction of sp³-hybridized carbons (Fsp3) is 0.421. The van der Waals surface area contributed by atoms with Gasteiger partial charge in [-0.25, -0.2) is 4.99 Å². The van der Waals surface area contributed by atoms with Crippen molar-refractivity contribution in [2.75, 3.05) is 19.7 Å². The Morgan fingerprint density at radius 3 is 2.52 bits per heavy atom. The van der Waals surface area contributed by atoms with Crippen molar-refractivity contribution in [2.24, 2.45) is 4.99 Å². The summed E-state index contributed by atoms with van der Waals surface area (Å²) >= 11 is 0. The van der Waals surface area contributed by atoms with Crippen LogP contribution >= 0.6 is 24.0 Å². The first-order chi connectivity index (χ1) is 13.2. The molecule has 0 amide bonds. The lowest BCUT2D eigenvalue weighted by molar-refractivity contribution is -0.153. The topological polar surface area (TPSA) is 79.0 Å².